The zero-order chi connectivity index (χ0) is 20.5. The topological polar surface area (TPSA) is 109 Å². The number of carbonyl (C=O) groups excluding carboxylic acids is 2. The van der Waals surface area contributed by atoms with Crippen molar-refractivity contribution in [2.24, 2.45) is 5.73 Å². The fourth-order valence-electron chi connectivity index (χ4n) is 2.42. The van der Waals surface area contributed by atoms with Crippen molar-refractivity contribution in [2.45, 2.75) is 13.8 Å². The van der Waals surface area contributed by atoms with Crippen molar-refractivity contribution < 1.29 is 28.5 Å². The van der Waals surface area contributed by atoms with Crippen LogP contribution in [-0.4, -0.2) is 38.7 Å². The van der Waals surface area contributed by atoms with Crippen LogP contribution in [0.1, 0.15) is 24.2 Å². The number of carbonyl (C=O) groups is 2. The molecule has 0 aliphatic carbocycles. The molecule has 0 bridgehead atoms. The number of hydrogen-bond acceptors (Lipinski definition) is 6. The second-order valence-corrected chi connectivity index (χ2v) is 5.59. The van der Waals surface area contributed by atoms with Crippen molar-refractivity contribution in [1.29, 1.82) is 0 Å². The van der Waals surface area contributed by atoms with Gasteiger partial charge in [-0.1, -0.05) is 0 Å². The summed E-state index contributed by atoms with van der Waals surface area (Å²) in [6, 6.07) is 9.69. The van der Waals surface area contributed by atoms with Gasteiger partial charge in [-0.05, 0) is 44.2 Å². The van der Waals surface area contributed by atoms with Crippen LogP contribution >= 0.6 is 0 Å². The minimum atomic E-state index is -0.679. The number of hydrogen-bond donors (Lipinski definition) is 2. The fourth-order valence-corrected chi connectivity index (χ4v) is 2.42. The van der Waals surface area contributed by atoms with Gasteiger partial charge in [0.15, 0.2) is 18.1 Å². The van der Waals surface area contributed by atoms with Crippen LogP contribution < -0.4 is 30.0 Å². The first-order valence-corrected chi connectivity index (χ1v) is 8.78. The molecule has 0 aliphatic heterocycles. The molecule has 8 nitrogen and oxygen atoms in total. The van der Waals surface area contributed by atoms with Gasteiger partial charge in [0.05, 0.1) is 25.9 Å². The summed E-state index contributed by atoms with van der Waals surface area (Å²) in [4.78, 5) is 23.8. The van der Waals surface area contributed by atoms with E-state index in [0.717, 1.165) is 0 Å². The zero-order valence-electron chi connectivity index (χ0n) is 16.1. The van der Waals surface area contributed by atoms with Crippen molar-refractivity contribution in [2.75, 3.05) is 32.2 Å². The van der Waals surface area contributed by atoms with Crippen molar-refractivity contribution in [1.82, 2.24) is 0 Å². The van der Waals surface area contributed by atoms with Crippen molar-refractivity contribution in [3.63, 3.8) is 0 Å². The molecule has 2 amide bonds. The number of amides is 2. The lowest BCUT2D eigenvalue weighted by Crippen LogP contribution is -2.21. The smallest absolute Gasteiger partial charge is 0.262 e. The number of nitrogens with one attached hydrogen (secondary N) is 1. The highest BCUT2D eigenvalue weighted by Gasteiger charge is 2.14. The average Bonchev–Trinajstić information content (AvgIpc) is 2.68. The van der Waals surface area contributed by atoms with Gasteiger partial charge in [0.1, 0.15) is 11.5 Å². The van der Waals surface area contributed by atoms with E-state index >= 15 is 0 Å². The Labute approximate surface area is 163 Å². The number of anilines is 1. The number of rotatable bonds is 10. The number of ether oxygens (including phenoxy) is 4. The maximum atomic E-state index is 12.2. The minimum absolute atomic E-state index is 0.131. The van der Waals surface area contributed by atoms with E-state index in [0.29, 0.717) is 36.1 Å². The summed E-state index contributed by atoms with van der Waals surface area (Å²) in [5.74, 6) is 0.714. The van der Waals surface area contributed by atoms with Gasteiger partial charge in [-0.2, -0.15) is 0 Å². The first-order valence-electron chi connectivity index (χ1n) is 8.78. The molecule has 0 radical (unpaired) electrons. The Kier molecular flexibility index (Phi) is 7.50. The monoisotopic (exact) mass is 388 g/mol. The predicted molar refractivity (Wildman–Crippen MR) is 104 cm³/mol. The van der Waals surface area contributed by atoms with Crippen LogP contribution in [0.3, 0.4) is 0 Å². The Morgan fingerprint density at radius 1 is 0.929 bits per heavy atom. The third kappa shape index (κ3) is 5.54. The van der Waals surface area contributed by atoms with Crippen LogP contribution in [0.4, 0.5) is 5.69 Å². The molecule has 0 heterocycles. The van der Waals surface area contributed by atoms with Crippen molar-refractivity contribution in [3.05, 3.63) is 42.0 Å². The molecular weight excluding hydrogens is 364 g/mol. The van der Waals surface area contributed by atoms with Crippen LogP contribution in [0, 0.1) is 0 Å². The summed E-state index contributed by atoms with van der Waals surface area (Å²) in [5, 5.41) is 2.71. The molecule has 0 saturated carbocycles. The van der Waals surface area contributed by atoms with E-state index in [-0.39, 0.29) is 17.9 Å². The summed E-state index contributed by atoms with van der Waals surface area (Å²) in [6.45, 7) is 4.41. The van der Waals surface area contributed by atoms with E-state index in [1.807, 2.05) is 13.8 Å². The van der Waals surface area contributed by atoms with Gasteiger partial charge < -0.3 is 30.0 Å². The molecule has 0 unspecified atom stereocenters. The Morgan fingerprint density at radius 3 is 2.25 bits per heavy atom. The molecule has 2 aromatic carbocycles. The molecule has 0 fully saturated rings. The van der Waals surface area contributed by atoms with Gasteiger partial charge in [-0.15, -0.1) is 0 Å². The standard InChI is InChI=1S/C20H24N2O6/c1-4-26-17-8-6-13(10-18(17)27-5-2)22-19(23)12-28-16-9-7-14(25-3)11-15(16)20(21)24/h6-11H,4-5,12H2,1-3H3,(H2,21,24)(H,22,23). The molecule has 0 aromatic heterocycles. The maximum Gasteiger partial charge on any atom is 0.262 e. The van der Waals surface area contributed by atoms with Crippen LogP contribution in [0.15, 0.2) is 36.4 Å². The molecule has 0 saturated heterocycles. The molecule has 0 spiro atoms. The normalized spacial score (nSPS) is 10.1. The maximum absolute atomic E-state index is 12.2. The van der Waals surface area contributed by atoms with E-state index in [2.05, 4.69) is 5.32 Å². The first-order chi connectivity index (χ1) is 13.5. The largest absolute Gasteiger partial charge is 0.497 e. The van der Waals surface area contributed by atoms with Gasteiger partial charge in [-0.3, -0.25) is 9.59 Å². The SMILES string of the molecule is CCOc1ccc(NC(=O)COc2ccc(OC)cc2C(N)=O)cc1OCC. The second kappa shape index (κ2) is 10.1. The summed E-state index contributed by atoms with van der Waals surface area (Å²) in [7, 11) is 1.47. The number of methoxy groups -OCH3 is 1. The van der Waals surface area contributed by atoms with E-state index in [1.165, 1.54) is 19.2 Å². The Balaban J connectivity index is 2.05. The van der Waals surface area contributed by atoms with Gasteiger partial charge in [-0.25, -0.2) is 0 Å². The van der Waals surface area contributed by atoms with Crippen LogP contribution in [0.5, 0.6) is 23.0 Å². The summed E-state index contributed by atoms with van der Waals surface area (Å²) < 4.78 is 21.5. The van der Waals surface area contributed by atoms with Gasteiger partial charge in [0.2, 0.25) is 0 Å². The molecule has 2 aromatic rings. The van der Waals surface area contributed by atoms with Crippen molar-refractivity contribution >= 4 is 17.5 Å². The molecule has 0 atom stereocenters. The zero-order valence-corrected chi connectivity index (χ0v) is 16.1. The average molecular weight is 388 g/mol. The Morgan fingerprint density at radius 2 is 1.61 bits per heavy atom. The van der Waals surface area contributed by atoms with E-state index in [9.17, 15) is 9.59 Å². The van der Waals surface area contributed by atoms with Gasteiger partial charge >= 0.3 is 0 Å². The highest BCUT2D eigenvalue weighted by Crippen LogP contribution is 2.30. The van der Waals surface area contributed by atoms with Crippen LogP contribution in [-0.2, 0) is 4.79 Å². The lowest BCUT2D eigenvalue weighted by Gasteiger charge is -2.14. The summed E-state index contributed by atoms with van der Waals surface area (Å²) in [5.41, 5.74) is 6.02. The van der Waals surface area contributed by atoms with Crippen LogP contribution in [0.2, 0.25) is 0 Å². The number of primary amides is 1. The molecule has 3 N–H and O–H groups in total. The fraction of sp³-hybridized carbons (Fsp3) is 0.300. The highest BCUT2D eigenvalue weighted by molar-refractivity contribution is 5.96. The van der Waals surface area contributed by atoms with Gasteiger partial charge in [0, 0.05) is 11.8 Å². The lowest BCUT2D eigenvalue weighted by atomic mass is 10.2. The van der Waals surface area contributed by atoms with Gasteiger partial charge in [0.25, 0.3) is 11.8 Å². The van der Waals surface area contributed by atoms with Crippen LogP contribution in [0.25, 0.3) is 0 Å². The molecule has 8 heteroatoms. The second-order valence-electron chi connectivity index (χ2n) is 5.59. The molecule has 28 heavy (non-hydrogen) atoms. The third-order valence-corrected chi connectivity index (χ3v) is 3.64. The Bertz CT molecular complexity index is 837. The molecular formula is C20H24N2O6. The summed E-state index contributed by atoms with van der Waals surface area (Å²) >= 11 is 0. The van der Waals surface area contributed by atoms with E-state index in [4.69, 9.17) is 24.7 Å². The number of benzene rings is 2. The molecule has 2 rings (SSSR count). The highest BCUT2D eigenvalue weighted by atomic mass is 16.5. The molecule has 0 aliphatic rings. The van der Waals surface area contributed by atoms with E-state index in [1.54, 1.807) is 24.3 Å². The lowest BCUT2D eigenvalue weighted by molar-refractivity contribution is -0.118. The van der Waals surface area contributed by atoms with E-state index < -0.39 is 11.8 Å². The first kappa shape index (κ1) is 20.9. The quantitative estimate of drug-likeness (QED) is 0.648. The number of nitrogens with two attached hydrogens (primary N) is 1. The third-order valence-electron chi connectivity index (χ3n) is 3.64. The minimum Gasteiger partial charge on any atom is -0.497 e. The predicted octanol–water partition coefficient (Wildman–Crippen LogP) is 2.61. The Hall–Kier alpha value is -3.42. The molecule has 150 valence electrons. The summed E-state index contributed by atoms with van der Waals surface area (Å²) in [6.07, 6.45) is 0. The van der Waals surface area contributed by atoms with Crippen molar-refractivity contribution in [3.8, 4) is 23.0 Å².